The molecule has 1 saturated heterocycles. The van der Waals surface area contributed by atoms with Crippen LogP contribution in [0.4, 0.5) is 4.79 Å². The molecular formula is C16H20N2O4S. The van der Waals surface area contributed by atoms with E-state index in [0.717, 1.165) is 5.56 Å². The first-order chi connectivity index (χ1) is 11.1. The lowest BCUT2D eigenvalue weighted by molar-refractivity contribution is -0.148. The molecule has 6 nitrogen and oxygen atoms in total. The van der Waals surface area contributed by atoms with Crippen molar-refractivity contribution in [1.82, 2.24) is 10.2 Å². The van der Waals surface area contributed by atoms with E-state index in [-0.39, 0.29) is 30.2 Å². The summed E-state index contributed by atoms with van der Waals surface area (Å²) in [6.45, 7) is 2.61. The predicted octanol–water partition coefficient (Wildman–Crippen LogP) is 1.62. The number of hydrogen-bond donors (Lipinski definition) is 1. The molecule has 2 rings (SSSR count). The Balaban J connectivity index is 1.65. The van der Waals surface area contributed by atoms with Gasteiger partial charge in [0.15, 0.2) is 6.61 Å². The highest BCUT2D eigenvalue weighted by Gasteiger charge is 2.24. The van der Waals surface area contributed by atoms with Gasteiger partial charge in [0, 0.05) is 18.8 Å². The van der Waals surface area contributed by atoms with Gasteiger partial charge in [0.05, 0.1) is 0 Å². The third-order valence-corrected chi connectivity index (χ3v) is 4.40. The van der Waals surface area contributed by atoms with Gasteiger partial charge in [-0.15, -0.1) is 0 Å². The molecule has 0 spiro atoms. The van der Waals surface area contributed by atoms with Crippen LogP contribution < -0.4 is 5.32 Å². The van der Waals surface area contributed by atoms with Crippen molar-refractivity contribution in [3.63, 3.8) is 0 Å². The molecule has 0 unspecified atom stereocenters. The van der Waals surface area contributed by atoms with Crippen LogP contribution in [0.2, 0.25) is 0 Å². The van der Waals surface area contributed by atoms with Gasteiger partial charge in [0.2, 0.25) is 0 Å². The molecule has 0 bridgehead atoms. The van der Waals surface area contributed by atoms with E-state index in [9.17, 15) is 14.4 Å². The second-order valence-electron chi connectivity index (χ2n) is 5.31. The zero-order valence-electron chi connectivity index (χ0n) is 13.0. The first-order valence-corrected chi connectivity index (χ1v) is 8.44. The Hall–Kier alpha value is -2.02. The van der Waals surface area contributed by atoms with E-state index in [0.29, 0.717) is 18.8 Å². The highest BCUT2D eigenvalue weighted by Crippen LogP contribution is 2.16. The van der Waals surface area contributed by atoms with Crippen molar-refractivity contribution in [1.29, 1.82) is 0 Å². The normalized spacial score (nSPS) is 15.3. The van der Waals surface area contributed by atoms with Gasteiger partial charge in [-0.3, -0.25) is 14.4 Å². The largest absolute Gasteiger partial charge is 0.454 e. The summed E-state index contributed by atoms with van der Waals surface area (Å²) in [6, 6.07) is 9.85. The van der Waals surface area contributed by atoms with Crippen molar-refractivity contribution in [2.45, 2.75) is 12.8 Å². The molecule has 0 aromatic heterocycles. The average molecular weight is 336 g/mol. The van der Waals surface area contributed by atoms with E-state index in [2.05, 4.69) is 5.32 Å². The Bertz CT molecular complexity index is 564. The van der Waals surface area contributed by atoms with Crippen molar-refractivity contribution >= 4 is 28.9 Å². The third kappa shape index (κ3) is 5.59. The van der Waals surface area contributed by atoms with Gasteiger partial charge >= 0.3 is 5.97 Å². The first kappa shape index (κ1) is 17.3. The Morgan fingerprint density at radius 3 is 2.74 bits per heavy atom. The zero-order chi connectivity index (χ0) is 16.7. The number of esters is 1. The second kappa shape index (κ2) is 8.57. The van der Waals surface area contributed by atoms with Gasteiger partial charge in [-0.05, 0) is 11.5 Å². The monoisotopic (exact) mass is 336 g/mol. The average Bonchev–Trinajstić information content (AvgIpc) is 2.96. The minimum Gasteiger partial charge on any atom is -0.454 e. The van der Waals surface area contributed by atoms with Crippen molar-refractivity contribution < 1.29 is 19.1 Å². The van der Waals surface area contributed by atoms with Gasteiger partial charge < -0.3 is 15.0 Å². The van der Waals surface area contributed by atoms with Crippen LogP contribution in [0.3, 0.4) is 0 Å². The summed E-state index contributed by atoms with van der Waals surface area (Å²) in [5.41, 5.74) is 1.13. The number of carbonyl (C=O) groups is 3. The standard InChI is InChI=1S/C16H20N2O4S/c1-12(13-5-3-2-4-6-13)9-17-14(19)11-22-15(20)10-18-7-8-23-16(18)21/h2-6,12H,7-11H2,1H3,(H,17,19)/t12-/m0/s1. The van der Waals surface area contributed by atoms with Gasteiger partial charge in [-0.25, -0.2) is 0 Å². The van der Waals surface area contributed by atoms with Crippen LogP contribution >= 0.6 is 11.8 Å². The molecule has 1 fully saturated rings. The molecule has 1 aromatic rings. The lowest BCUT2D eigenvalue weighted by Gasteiger charge is -2.15. The number of rotatable bonds is 7. The summed E-state index contributed by atoms with van der Waals surface area (Å²) in [6.07, 6.45) is 0. The summed E-state index contributed by atoms with van der Waals surface area (Å²) in [7, 11) is 0. The van der Waals surface area contributed by atoms with Crippen LogP contribution in [0, 0.1) is 0 Å². The number of thioether (sulfide) groups is 1. The molecule has 23 heavy (non-hydrogen) atoms. The number of amides is 2. The molecule has 2 amide bonds. The number of hydrogen-bond acceptors (Lipinski definition) is 5. The molecule has 1 aromatic carbocycles. The molecule has 1 aliphatic rings. The van der Waals surface area contributed by atoms with E-state index < -0.39 is 5.97 Å². The van der Waals surface area contributed by atoms with Crippen LogP contribution in [0.25, 0.3) is 0 Å². The summed E-state index contributed by atoms with van der Waals surface area (Å²) in [4.78, 5) is 36.1. The van der Waals surface area contributed by atoms with Crippen molar-refractivity contribution in [3.8, 4) is 0 Å². The fraction of sp³-hybridized carbons (Fsp3) is 0.438. The highest BCUT2D eigenvalue weighted by molar-refractivity contribution is 8.13. The van der Waals surface area contributed by atoms with Crippen LogP contribution in [0.1, 0.15) is 18.4 Å². The van der Waals surface area contributed by atoms with Crippen LogP contribution in [0.15, 0.2) is 30.3 Å². The topological polar surface area (TPSA) is 75.7 Å². The lowest BCUT2D eigenvalue weighted by atomic mass is 10.0. The van der Waals surface area contributed by atoms with Crippen LogP contribution in [-0.2, 0) is 14.3 Å². The molecule has 1 heterocycles. The predicted molar refractivity (Wildman–Crippen MR) is 88.3 cm³/mol. The summed E-state index contributed by atoms with van der Waals surface area (Å²) in [5.74, 6) is -0.0466. The van der Waals surface area contributed by atoms with E-state index in [1.807, 2.05) is 37.3 Å². The fourth-order valence-corrected chi connectivity index (χ4v) is 2.96. The molecule has 0 radical (unpaired) electrons. The first-order valence-electron chi connectivity index (χ1n) is 7.45. The van der Waals surface area contributed by atoms with Gasteiger partial charge in [-0.1, -0.05) is 49.0 Å². The van der Waals surface area contributed by atoms with Gasteiger partial charge in [-0.2, -0.15) is 0 Å². The van der Waals surface area contributed by atoms with E-state index in [1.165, 1.54) is 16.7 Å². The van der Waals surface area contributed by atoms with Gasteiger partial charge in [0.1, 0.15) is 6.54 Å². The Labute approximate surface area is 139 Å². The smallest absolute Gasteiger partial charge is 0.326 e. The molecule has 0 aliphatic carbocycles. The Morgan fingerprint density at radius 1 is 1.35 bits per heavy atom. The quantitative estimate of drug-likeness (QED) is 0.766. The zero-order valence-corrected chi connectivity index (χ0v) is 13.8. The summed E-state index contributed by atoms with van der Waals surface area (Å²) < 4.78 is 4.90. The minimum atomic E-state index is -0.563. The third-order valence-electron chi connectivity index (χ3n) is 3.50. The SMILES string of the molecule is C[C@@H](CNC(=O)COC(=O)CN1CCSC1=O)c1ccccc1. The van der Waals surface area contributed by atoms with E-state index in [1.54, 1.807) is 0 Å². The maximum absolute atomic E-state index is 11.7. The maximum atomic E-state index is 11.7. The minimum absolute atomic E-state index is 0.0977. The lowest BCUT2D eigenvalue weighted by Crippen LogP contribution is -2.35. The number of nitrogens with zero attached hydrogens (tertiary/aromatic N) is 1. The Kier molecular flexibility index (Phi) is 6.46. The van der Waals surface area contributed by atoms with Crippen molar-refractivity contribution in [2.24, 2.45) is 0 Å². The second-order valence-corrected chi connectivity index (χ2v) is 6.36. The Morgan fingerprint density at radius 2 is 2.09 bits per heavy atom. The molecule has 1 aliphatic heterocycles. The number of nitrogens with one attached hydrogen (secondary N) is 1. The molecule has 124 valence electrons. The van der Waals surface area contributed by atoms with E-state index >= 15 is 0 Å². The molecular weight excluding hydrogens is 316 g/mol. The van der Waals surface area contributed by atoms with Gasteiger partial charge in [0.25, 0.3) is 11.1 Å². The number of benzene rings is 1. The van der Waals surface area contributed by atoms with E-state index in [4.69, 9.17) is 4.74 Å². The molecule has 7 heteroatoms. The van der Waals surface area contributed by atoms with Crippen LogP contribution in [0.5, 0.6) is 0 Å². The van der Waals surface area contributed by atoms with Crippen molar-refractivity contribution in [3.05, 3.63) is 35.9 Å². The highest BCUT2D eigenvalue weighted by atomic mass is 32.2. The summed E-state index contributed by atoms with van der Waals surface area (Å²) >= 11 is 1.18. The molecule has 0 saturated carbocycles. The number of ether oxygens (including phenoxy) is 1. The molecule has 1 atom stereocenters. The van der Waals surface area contributed by atoms with Crippen LogP contribution in [-0.4, -0.2) is 54.0 Å². The maximum Gasteiger partial charge on any atom is 0.326 e. The molecule has 1 N–H and O–H groups in total. The number of carbonyl (C=O) groups excluding carboxylic acids is 3. The fourth-order valence-electron chi connectivity index (χ4n) is 2.13. The summed E-state index contributed by atoms with van der Waals surface area (Å²) in [5, 5.41) is 2.62. The van der Waals surface area contributed by atoms with Crippen molar-refractivity contribution in [2.75, 3.05) is 32.0 Å².